The van der Waals surface area contributed by atoms with E-state index < -0.39 is 0 Å². The predicted octanol–water partition coefficient (Wildman–Crippen LogP) is 6.57. The fourth-order valence-electron chi connectivity index (χ4n) is 4.01. The van der Waals surface area contributed by atoms with Crippen molar-refractivity contribution in [3.63, 3.8) is 0 Å². The first-order chi connectivity index (χ1) is 13.5. The average molecular weight is 371 g/mol. The van der Waals surface area contributed by atoms with Crippen molar-refractivity contribution in [2.24, 2.45) is 5.73 Å². The van der Waals surface area contributed by atoms with Gasteiger partial charge in [0.05, 0.1) is 0 Å². The molecule has 1 aromatic heterocycles. The van der Waals surface area contributed by atoms with Gasteiger partial charge in [-0.05, 0) is 76.9 Å². The number of nitrogens with two attached hydrogens (primary N) is 1. The number of fused-ring (bicyclic) bond motifs is 2. The van der Waals surface area contributed by atoms with Crippen LogP contribution in [0.25, 0.3) is 32.9 Å². The molecule has 0 bridgehead atoms. The van der Waals surface area contributed by atoms with Crippen LogP contribution in [0.3, 0.4) is 0 Å². The quantitative estimate of drug-likeness (QED) is 0.383. The molecule has 0 unspecified atom stereocenters. The number of aromatic amines is 1. The summed E-state index contributed by atoms with van der Waals surface area (Å²) in [6, 6.07) is 22.2. The highest BCUT2D eigenvalue weighted by molar-refractivity contribution is 5.94. The van der Waals surface area contributed by atoms with Gasteiger partial charge in [-0.1, -0.05) is 63.2 Å². The van der Waals surface area contributed by atoms with E-state index in [1.54, 1.807) is 0 Å². The first kappa shape index (κ1) is 18.8. The van der Waals surface area contributed by atoms with Gasteiger partial charge in [-0.25, -0.2) is 0 Å². The molecule has 3 aromatic carbocycles. The van der Waals surface area contributed by atoms with Crippen LogP contribution in [0, 0.1) is 0 Å². The molecule has 3 N–H and O–H groups in total. The van der Waals surface area contributed by atoms with Crippen molar-refractivity contribution in [3.8, 4) is 11.3 Å². The zero-order chi connectivity index (χ0) is 19.7. The van der Waals surface area contributed by atoms with Gasteiger partial charge in [0, 0.05) is 16.6 Å². The van der Waals surface area contributed by atoms with Gasteiger partial charge in [-0.2, -0.15) is 0 Å². The Morgan fingerprint density at radius 3 is 2.39 bits per heavy atom. The molecule has 4 rings (SSSR count). The third-order valence-corrected chi connectivity index (χ3v) is 5.69. The molecule has 0 aliphatic rings. The maximum Gasteiger partial charge on any atom is 0.0497 e. The number of rotatable bonds is 5. The van der Waals surface area contributed by atoms with Gasteiger partial charge in [0.1, 0.15) is 0 Å². The van der Waals surface area contributed by atoms with Gasteiger partial charge in [0.15, 0.2) is 0 Å². The largest absolute Gasteiger partial charge is 0.354 e. The molecule has 2 nitrogen and oxygen atoms in total. The Hall–Kier alpha value is -2.58. The van der Waals surface area contributed by atoms with Crippen LogP contribution in [0.1, 0.15) is 44.7 Å². The van der Waals surface area contributed by atoms with Crippen LogP contribution in [0.5, 0.6) is 0 Å². The molecule has 0 saturated heterocycles. The van der Waals surface area contributed by atoms with Gasteiger partial charge >= 0.3 is 0 Å². The average Bonchev–Trinajstić information content (AvgIpc) is 3.05. The van der Waals surface area contributed by atoms with Crippen LogP contribution < -0.4 is 5.73 Å². The van der Waals surface area contributed by atoms with Gasteiger partial charge in [-0.3, -0.25) is 0 Å². The van der Waals surface area contributed by atoms with Crippen LogP contribution >= 0.6 is 0 Å². The summed E-state index contributed by atoms with van der Waals surface area (Å²) < 4.78 is 0. The second-order valence-electron chi connectivity index (χ2n) is 8.80. The normalized spacial score (nSPS) is 12.1. The number of nitrogens with one attached hydrogen (secondary N) is 1. The fourth-order valence-corrected chi connectivity index (χ4v) is 4.01. The number of hydrogen-bond donors (Lipinski definition) is 2. The summed E-state index contributed by atoms with van der Waals surface area (Å²) in [5.41, 5.74) is 12.4. The first-order valence-corrected chi connectivity index (χ1v) is 10.3. The Morgan fingerprint density at radius 1 is 0.857 bits per heavy atom. The van der Waals surface area contributed by atoms with Gasteiger partial charge in [0.25, 0.3) is 0 Å². The molecule has 28 heavy (non-hydrogen) atoms. The van der Waals surface area contributed by atoms with Gasteiger partial charge < -0.3 is 10.7 Å². The van der Waals surface area contributed by atoms with Crippen molar-refractivity contribution in [1.82, 2.24) is 4.98 Å². The minimum atomic E-state index is 0.142. The Morgan fingerprint density at radius 2 is 1.64 bits per heavy atom. The van der Waals surface area contributed by atoms with Gasteiger partial charge in [-0.15, -0.1) is 0 Å². The predicted molar refractivity (Wildman–Crippen MR) is 122 cm³/mol. The molecule has 0 atom stereocenters. The molecule has 2 heteroatoms. The van der Waals surface area contributed by atoms with Crippen molar-refractivity contribution < 1.29 is 0 Å². The topological polar surface area (TPSA) is 41.8 Å². The van der Waals surface area contributed by atoms with Gasteiger partial charge in [0.2, 0.25) is 0 Å². The second-order valence-corrected chi connectivity index (χ2v) is 8.80. The number of H-pyrrole nitrogens is 1. The third-order valence-electron chi connectivity index (χ3n) is 5.69. The summed E-state index contributed by atoms with van der Waals surface area (Å²) in [5, 5.41) is 3.91. The fraction of sp³-hybridized carbons (Fsp3) is 0.308. The lowest BCUT2D eigenvalue weighted by atomic mass is 9.86. The zero-order valence-electron chi connectivity index (χ0n) is 17.2. The monoisotopic (exact) mass is 370 g/mol. The number of hydrogen-bond acceptors (Lipinski definition) is 1. The van der Waals surface area contributed by atoms with Crippen molar-refractivity contribution in [1.29, 1.82) is 0 Å². The van der Waals surface area contributed by atoms with Crippen molar-refractivity contribution >= 4 is 21.7 Å². The second kappa shape index (κ2) is 7.44. The minimum absolute atomic E-state index is 0.142. The van der Waals surface area contributed by atoms with E-state index in [4.69, 9.17) is 5.73 Å². The summed E-state index contributed by atoms with van der Waals surface area (Å²) in [4.78, 5) is 3.72. The van der Waals surface area contributed by atoms with Crippen LogP contribution in [-0.4, -0.2) is 11.5 Å². The van der Waals surface area contributed by atoms with E-state index >= 15 is 0 Å². The maximum absolute atomic E-state index is 5.77. The SMILES string of the molecule is CC(C)(C)c1ccc2[nH]c(-c3ccc4ccccc4c3)c(CCCCN)c2c1. The zero-order valence-corrected chi connectivity index (χ0v) is 17.2. The summed E-state index contributed by atoms with van der Waals surface area (Å²) in [7, 11) is 0. The first-order valence-electron chi connectivity index (χ1n) is 10.3. The highest BCUT2D eigenvalue weighted by Gasteiger charge is 2.18. The Bertz CT molecular complexity index is 1110. The summed E-state index contributed by atoms with van der Waals surface area (Å²) in [5.74, 6) is 0. The van der Waals surface area contributed by atoms with E-state index in [0.29, 0.717) is 0 Å². The van der Waals surface area contributed by atoms with E-state index in [0.717, 1.165) is 25.8 Å². The van der Waals surface area contributed by atoms with Crippen LogP contribution in [0.2, 0.25) is 0 Å². The Balaban J connectivity index is 1.88. The molecule has 0 saturated carbocycles. The Labute approximate surface area is 167 Å². The molecule has 0 radical (unpaired) electrons. The third kappa shape index (κ3) is 3.57. The van der Waals surface area contributed by atoms with Crippen LogP contribution in [0.15, 0.2) is 60.7 Å². The van der Waals surface area contributed by atoms with E-state index in [2.05, 4.69) is 86.4 Å². The summed E-state index contributed by atoms with van der Waals surface area (Å²) in [6.07, 6.45) is 3.22. The van der Waals surface area contributed by atoms with E-state index in [9.17, 15) is 0 Å². The minimum Gasteiger partial charge on any atom is -0.354 e. The number of benzene rings is 3. The standard InChI is InChI=1S/C26H30N2/c1-26(2,3)21-13-14-24-23(17-21)22(10-6-7-15-27)25(28-24)20-12-11-18-8-4-5-9-19(18)16-20/h4-5,8-9,11-14,16-17,28H,6-7,10,15,27H2,1-3H3. The smallest absolute Gasteiger partial charge is 0.0497 e. The lowest BCUT2D eigenvalue weighted by Gasteiger charge is -2.19. The molecular weight excluding hydrogens is 340 g/mol. The van der Waals surface area contributed by atoms with Crippen molar-refractivity contribution in [3.05, 3.63) is 71.8 Å². The highest BCUT2D eigenvalue weighted by atomic mass is 14.7. The maximum atomic E-state index is 5.77. The molecule has 4 aromatic rings. The molecule has 1 heterocycles. The highest BCUT2D eigenvalue weighted by Crippen LogP contribution is 2.35. The van der Waals surface area contributed by atoms with E-state index in [1.807, 2.05) is 0 Å². The molecular formula is C26H30N2. The van der Waals surface area contributed by atoms with Crippen molar-refractivity contribution in [2.75, 3.05) is 6.54 Å². The van der Waals surface area contributed by atoms with Crippen LogP contribution in [-0.2, 0) is 11.8 Å². The molecule has 0 spiro atoms. The molecule has 0 amide bonds. The van der Waals surface area contributed by atoms with Crippen LogP contribution in [0.4, 0.5) is 0 Å². The Kier molecular flexibility index (Phi) is 4.99. The molecule has 0 aliphatic heterocycles. The van der Waals surface area contributed by atoms with Crippen molar-refractivity contribution in [2.45, 2.75) is 45.4 Å². The van der Waals surface area contributed by atoms with E-state index in [1.165, 1.54) is 44.1 Å². The summed E-state index contributed by atoms with van der Waals surface area (Å²) >= 11 is 0. The summed E-state index contributed by atoms with van der Waals surface area (Å²) in [6.45, 7) is 7.58. The lowest BCUT2D eigenvalue weighted by molar-refractivity contribution is 0.591. The molecule has 144 valence electrons. The number of aryl methyl sites for hydroxylation is 1. The van der Waals surface area contributed by atoms with E-state index in [-0.39, 0.29) is 5.41 Å². The number of unbranched alkanes of at least 4 members (excludes halogenated alkanes) is 1. The number of aromatic nitrogens is 1. The lowest BCUT2D eigenvalue weighted by Crippen LogP contribution is -2.10. The molecule has 0 aliphatic carbocycles. The molecule has 0 fully saturated rings.